The number of carbonyl (C=O) groups excluding carboxylic acids is 2. The molecule has 1 atom stereocenters. The van der Waals surface area contributed by atoms with Crippen LogP contribution in [0.2, 0.25) is 0 Å². The monoisotopic (exact) mass is 470 g/mol. The smallest absolute Gasteiger partial charge is 0.311 e. The summed E-state index contributed by atoms with van der Waals surface area (Å²) >= 11 is 3.11. The van der Waals surface area contributed by atoms with Crippen LogP contribution in [0.15, 0.2) is 17.5 Å². The van der Waals surface area contributed by atoms with E-state index in [-0.39, 0.29) is 24.4 Å². The van der Waals surface area contributed by atoms with Crippen LogP contribution in [0, 0.1) is 5.92 Å². The lowest BCUT2D eigenvalue weighted by Gasteiger charge is -2.31. The number of nitrogens with two attached hydrogens (primary N) is 1. The molecule has 0 bridgehead atoms. The first-order chi connectivity index (χ1) is 15.6. The second-order valence-electron chi connectivity index (χ2n) is 8.45. The number of piperidine rings is 1. The molecule has 1 fully saturated rings. The number of likely N-dealkylation sites (tertiary alicyclic amines) is 1. The molecule has 4 heterocycles. The predicted octanol–water partition coefficient (Wildman–Crippen LogP) is 4.20. The Morgan fingerprint density at radius 3 is 2.91 bits per heavy atom. The Kier molecular flexibility index (Phi) is 6.10. The number of nitrogen functional groups attached to an aromatic ring is 1. The molecule has 0 saturated carbocycles. The number of amides is 1. The molecule has 1 saturated heterocycles. The average Bonchev–Trinajstić information content (AvgIpc) is 3.40. The number of ether oxygens (including phenoxy) is 1. The van der Waals surface area contributed by atoms with Crippen LogP contribution in [-0.4, -0.2) is 39.8 Å². The normalized spacial score (nSPS) is 18.9. The van der Waals surface area contributed by atoms with E-state index < -0.39 is 0 Å². The van der Waals surface area contributed by atoms with Crippen LogP contribution in [0.25, 0.3) is 10.2 Å². The van der Waals surface area contributed by atoms with Gasteiger partial charge in [-0.1, -0.05) is 12.5 Å². The fraction of sp³-hybridized carbons (Fsp3) is 0.478. The Morgan fingerprint density at radius 1 is 1.19 bits per heavy atom. The summed E-state index contributed by atoms with van der Waals surface area (Å²) in [6, 6.07) is 3.68. The number of hydrogen-bond acceptors (Lipinski definition) is 8. The molecule has 2 aliphatic rings. The number of carbonyl (C=O) groups is 2. The number of aromatic nitrogens is 2. The second kappa shape index (κ2) is 9.15. The number of rotatable bonds is 4. The third kappa shape index (κ3) is 4.23. The van der Waals surface area contributed by atoms with Crippen LogP contribution in [-0.2, 0) is 29.0 Å². The topological polar surface area (TPSA) is 98.4 Å². The van der Waals surface area contributed by atoms with Crippen LogP contribution in [0.3, 0.4) is 0 Å². The molecular weight excluding hydrogens is 444 g/mol. The first-order valence-electron chi connectivity index (χ1n) is 11.2. The molecule has 168 valence electrons. The van der Waals surface area contributed by atoms with Crippen molar-refractivity contribution in [3.8, 4) is 0 Å². The van der Waals surface area contributed by atoms with E-state index in [0.717, 1.165) is 29.5 Å². The second-order valence-corrected chi connectivity index (χ2v) is 10.5. The van der Waals surface area contributed by atoms with Crippen LogP contribution in [0.5, 0.6) is 0 Å². The minimum Gasteiger partial charge on any atom is -0.457 e. The SMILES string of the molecule is Nc1nc(COC(=O)C2CCCN(C(=O)c3cccs3)C2)nc2sc3c(c12)CCCCC3. The van der Waals surface area contributed by atoms with Gasteiger partial charge in [0.15, 0.2) is 12.4 Å². The fourth-order valence-electron chi connectivity index (χ4n) is 4.64. The first kappa shape index (κ1) is 21.3. The molecule has 9 heteroatoms. The van der Waals surface area contributed by atoms with Gasteiger partial charge in [-0.3, -0.25) is 9.59 Å². The summed E-state index contributed by atoms with van der Waals surface area (Å²) in [4.78, 5) is 39.2. The van der Waals surface area contributed by atoms with Crippen molar-refractivity contribution in [1.82, 2.24) is 14.9 Å². The quantitative estimate of drug-likeness (QED) is 0.453. The summed E-state index contributed by atoms with van der Waals surface area (Å²) in [7, 11) is 0. The number of anilines is 1. The molecule has 1 aliphatic carbocycles. The summed E-state index contributed by atoms with van der Waals surface area (Å²) in [5.41, 5.74) is 7.60. The molecular formula is C23H26N4O3S2. The number of aryl methyl sites for hydroxylation is 2. The predicted molar refractivity (Wildman–Crippen MR) is 126 cm³/mol. The van der Waals surface area contributed by atoms with Crippen molar-refractivity contribution in [2.75, 3.05) is 18.8 Å². The Hall–Kier alpha value is -2.52. The summed E-state index contributed by atoms with van der Waals surface area (Å²) in [6.07, 6.45) is 7.22. The average molecular weight is 471 g/mol. The maximum atomic E-state index is 12.7. The van der Waals surface area contributed by atoms with Crippen LogP contribution in [0.4, 0.5) is 5.82 Å². The zero-order valence-corrected chi connectivity index (χ0v) is 19.5. The van der Waals surface area contributed by atoms with Gasteiger partial charge in [-0.2, -0.15) is 0 Å². The van der Waals surface area contributed by atoms with Gasteiger partial charge in [0.25, 0.3) is 5.91 Å². The molecule has 0 radical (unpaired) electrons. The van der Waals surface area contributed by atoms with E-state index in [1.807, 2.05) is 17.5 Å². The maximum Gasteiger partial charge on any atom is 0.311 e. The van der Waals surface area contributed by atoms with Gasteiger partial charge < -0.3 is 15.4 Å². The summed E-state index contributed by atoms with van der Waals surface area (Å²) in [5, 5.41) is 2.87. The van der Waals surface area contributed by atoms with Gasteiger partial charge in [0.1, 0.15) is 10.6 Å². The number of nitrogens with zero attached hydrogens (tertiary/aromatic N) is 3. The van der Waals surface area contributed by atoms with Crippen molar-refractivity contribution in [3.05, 3.63) is 38.7 Å². The first-order valence-corrected chi connectivity index (χ1v) is 12.9. The standard InChI is InChI=1S/C23H26N4O3S2/c24-20-19-15-7-2-1-3-8-16(15)32-21(19)26-18(25-20)13-30-23(29)14-6-4-10-27(12-14)22(28)17-9-5-11-31-17/h5,9,11,14H,1-4,6-8,10,12-13H2,(H2,24,25,26). The maximum absolute atomic E-state index is 12.7. The van der Waals surface area contributed by atoms with Crippen molar-refractivity contribution in [2.24, 2.45) is 5.92 Å². The molecule has 3 aromatic rings. The molecule has 1 amide bonds. The third-order valence-electron chi connectivity index (χ3n) is 6.26. The number of thiophene rings is 2. The number of fused-ring (bicyclic) bond motifs is 3. The highest BCUT2D eigenvalue weighted by molar-refractivity contribution is 7.19. The zero-order valence-electron chi connectivity index (χ0n) is 17.8. The highest BCUT2D eigenvalue weighted by atomic mass is 32.1. The van der Waals surface area contributed by atoms with Crippen LogP contribution < -0.4 is 5.73 Å². The van der Waals surface area contributed by atoms with Crippen molar-refractivity contribution >= 4 is 50.6 Å². The van der Waals surface area contributed by atoms with E-state index in [0.29, 0.717) is 36.0 Å². The van der Waals surface area contributed by atoms with Gasteiger partial charge in [-0.05, 0) is 55.5 Å². The lowest BCUT2D eigenvalue weighted by Crippen LogP contribution is -2.42. The Bertz CT molecular complexity index is 1140. The summed E-state index contributed by atoms with van der Waals surface area (Å²) in [6.45, 7) is 1.05. The van der Waals surface area contributed by atoms with E-state index in [1.54, 1.807) is 16.2 Å². The molecule has 3 aromatic heterocycles. The highest BCUT2D eigenvalue weighted by Crippen LogP contribution is 2.37. The molecule has 5 rings (SSSR count). The molecule has 0 spiro atoms. The zero-order chi connectivity index (χ0) is 22.1. The van der Waals surface area contributed by atoms with Crippen molar-refractivity contribution in [2.45, 2.75) is 51.6 Å². The minimum absolute atomic E-state index is 0.00306. The van der Waals surface area contributed by atoms with E-state index in [1.165, 1.54) is 41.0 Å². The van der Waals surface area contributed by atoms with Gasteiger partial charge in [0, 0.05) is 18.0 Å². The van der Waals surface area contributed by atoms with Crippen LogP contribution in [0.1, 0.15) is 58.0 Å². The number of esters is 1. The van der Waals surface area contributed by atoms with Gasteiger partial charge in [0.2, 0.25) is 0 Å². The van der Waals surface area contributed by atoms with Gasteiger partial charge >= 0.3 is 5.97 Å². The summed E-state index contributed by atoms with van der Waals surface area (Å²) < 4.78 is 5.56. The lowest BCUT2D eigenvalue weighted by molar-refractivity contribution is -0.151. The number of hydrogen-bond donors (Lipinski definition) is 1. The molecule has 32 heavy (non-hydrogen) atoms. The van der Waals surface area contributed by atoms with Gasteiger partial charge in [-0.25, -0.2) is 9.97 Å². The van der Waals surface area contributed by atoms with Gasteiger partial charge in [0.05, 0.1) is 16.2 Å². The molecule has 1 aliphatic heterocycles. The molecule has 0 aromatic carbocycles. The van der Waals surface area contributed by atoms with E-state index in [2.05, 4.69) is 9.97 Å². The Labute approximate surface area is 194 Å². The fourth-order valence-corrected chi connectivity index (χ4v) is 6.62. The third-order valence-corrected chi connectivity index (χ3v) is 8.30. The largest absolute Gasteiger partial charge is 0.457 e. The van der Waals surface area contributed by atoms with Crippen molar-refractivity contribution in [1.29, 1.82) is 0 Å². The van der Waals surface area contributed by atoms with E-state index in [4.69, 9.17) is 10.5 Å². The van der Waals surface area contributed by atoms with E-state index >= 15 is 0 Å². The summed E-state index contributed by atoms with van der Waals surface area (Å²) in [5.74, 6) is 0.258. The Morgan fingerprint density at radius 2 is 2.06 bits per heavy atom. The molecule has 2 N–H and O–H groups in total. The highest BCUT2D eigenvalue weighted by Gasteiger charge is 2.30. The van der Waals surface area contributed by atoms with Crippen molar-refractivity contribution < 1.29 is 14.3 Å². The van der Waals surface area contributed by atoms with Crippen molar-refractivity contribution in [3.63, 3.8) is 0 Å². The minimum atomic E-state index is -0.327. The Balaban J connectivity index is 1.25. The van der Waals surface area contributed by atoms with Crippen LogP contribution >= 0.6 is 22.7 Å². The van der Waals surface area contributed by atoms with Gasteiger partial charge in [-0.15, -0.1) is 22.7 Å². The molecule has 1 unspecified atom stereocenters. The molecule has 7 nitrogen and oxygen atoms in total. The van der Waals surface area contributed by atoms with E-state index in [9.17, 15) is 9.59 Å². The lowest BCUT2D eigenvalue weighted by atomic mass is 9.98.